The molecule has 1 fully saturated rings. The van der Waals surface area contributed by atoms with Crippen molar-refractivity contribution < 1.29 is 5.11 Å². The Kier molecular flexibility index (Phi) is 1.62. The number of hydrogen-bond acceptors (Lipinski definition) is 2. The Balaban J connectivity index is 2.15. The van der Waals surface area contributed by atoms with E-state index in [1.165, 1.54) is 0 Å². The minimum absolute atomic E-state index is 0.323. The smallest absolute Gasteiger partial charge is 0.0987 e. The van der Waals surface area contributed by atoms with Gasteiger partial charge < -0.3 is 5.11 Å². The van der Waals surface area contributed by atoms with Crippen molar-refractivity contribution in [3.63, 3.8) is 0 Å². The molecule has 1 N–H and O–H groups in total. The van der Waals surface area contributed by atoms with E-state index < -0.39 is 0 Å². The van der Waals surface area contributed by atoms with E-state index in [0.717, 1.165) is 18.5 Å². The molecule has 0 amide bonds. The molecular formula is C9H11NO. The van der Waals surface area contributed by atoms with E-state index in [0.29, 0.717) is 5.92 Å². The second kappa shape index (κ2) is 2.62. The maximum atomic E-state index is 9.60. The first-order chi connectivity index (χ1) is 5.38. The molecule has 0 spiro atoms. The predicted molar refractivity (Wildman–Crippen MR) is 41.9 cm³/mol. The predicted octanol–water partition coefficient (Wildman–Crippen LogP) is 1.52. The van der Waals surface area contributed by atoms with Crippen LogP contribution in [0, 0.1) is 5.92 Å². The van der Waals surface area contributed by atoms with E-state index in [-0.39, 0.29) is 6.10 Å². The first kappa shape index (κ1) is 6.80. The van der Waals surface area contributed by atoms with Gasteiger partial charge in [-0.1, -0.05) is 6.07 Å². The number of nitrogens with zero attached hydrogens (tertiary/aromatic N) is 1. The fourth-order valence-corrected chi connectivity index (χ4v) is 1.20. The lowest BCUT2D eigenvalue weighted by Gasteiger charge is -2.06. The fraction of sp³-hybridized carbons (Fsp3) is 0.444. The lowest BCUT2D eigenvalue weighted by Crippen LogP contribution is -2.01. The summed E-state index contributed by atoms with van der Waals surface area (Å²) in [6, 6.07) is 5.65. The van der Waals surface area contributed by atoms with Crippen molar-refractivity contribution >= 4 is 0 Å². The van der Waals surface area contributed by atoms with Crippen LogP contribution in [0.3, 0.4) is 0 Å². The highest BCUT2D eigenvalue weighted by molar-refractivity contribution is 5.09. The molecule has 1 aliphatic rings. The Labute approximate surface area is 65.9 Å². The molecule has 0 aromatic carbocycles. The molecule has 11 heavy (non-hydrogen) atoms. The van der Waals surface area contributed by atoms with E-state index >= 15 is 0 Å². The van der Waals surface area contributed by atoms with Crippen LogP contribution >= 0.6 is 0 Å². The van der Waals surface area contributed by atoms with Gasteiger partial charge in [-0.3, -0.25) is 4.98 Å². The molecule has 1 saturated carbocycles. The number of aromatic nitrogens is 1. The lowest BCUT2D eigenvalue weighted by molar-refractivity contribution is 0.149. The van der Waals surface area contributed by atoms with Crippen LogP contribution in [0.4, 0.5) is 0 Å². The first-order valence-electron chi connectivity index (χ1n) is 3.97. The van der Waals surface area contributed by atoms with Crippen LogP contribution in [-0.2, 0) is 0 Å². The highest BCUT2D eigenvalue weighted by Gasteiger charge is 2.31. The molecule has 0 saturated heterocycles. The van der Waals surface area contributed by atoms with Crippen molar-refractivity contribution in [2.75, 3.05) is 0 Å². The number of pyridine rings is 1. The summed E-state index contributed by atoms with van der Waals surface area (Å²) in [5.41, 5.74) is 0.815. The summed E-state index contributed by atoms with van der Waals surface area (Å²) in [6.45, 7) is 0. The zero-order valence-corrected chi connectivity index (χ0v) is 6.27. The molecule has 0 aliphatic heterocycles. The van der Waals surface area contributed by atoms with Crippen molar-refractivity contribution in [2.24, 2.45) is 5.92 Å². The third-order valence-corrected chi connectivity index (χ3v) is 2.06. The summed E-state index contributed by atoms with van der Waals surface area (Å²) in [7, 11) is 0. The largest absolute Gasteiger partial charge is 0.387 e. The van der Waals surface area contributed by atoms with Crippen molar-refractivity contribution in [1.29, 1.82) is 0 Å². The van der Waals surface area contributed by atoms with Gasteiger partial charge in [0.05, 0.1) is 11.8 Å². The fourth-order valence-electron chi connectivity index (χ4n) is 1.20. The molecule has 1 heterocycles. The molecule has 1 aliphatic carbocycles. The lowest BCUT2D eigenvalue weighted by atomic mass is 10.1. The summed E-state index contributed by atoms with van der Waals surface area (Å²) in [6.07, 6.45) is 3.70. The third-order valence-electron chi connectivity index (χ3n) is 2.06. The second-order valence-corrected chi connectivity index (χ2v) is 3.04. The molecule has 2 heteroatoms. The molecule has 2 nitrogen and oxygen atoms in total. The van der Waals surface area contributed by atoms with Gasteiger partial charge in [0.1, 0.15) is 0 Å². The molecule has 2 rings (SSSR count). The van der Waals surface area contributed by atoms with Gasteiger partial charge >= 0.3 is 0 Å². The summed E-state index contributed by atoms with van der Waals surface area (Å²) in [4.78, 5) is 4.09. The van der Waals surface area contributed by atoms with Crippen LogP contribution in [0.2, 0.25) is 0 Å². The van der Waals surface area contributed by atoms with Crippen LogP contribution in [0.25, 0.3) is 0 Å². The number of aliphatic hydroxyl groups excluding tert-OH is 1. The molecule has 58 valence electrons. The van der Waals surface area contributed by atoms with Crippen molar-refractivity contribution in [3.05, 3.63) is 30.1 Å². The Hall–Kier alpha value is -0.890. The van der Waals surface area contributed by atoms with Crippen LogP contribution in [0.15, 0.2) is 24.4 Å². The molecule has 1 aromatic heterocycles. The van der Waals surface area contributed by atoms with Crippen LogP contribution < -0.4 is 0 Å². The monoisotopic (exact) mass is 149 g/mol. The number of rotatable bonds is 2. The van der Waals surface area contributed by atoms with Crippen molar-refractivity contribution in [3.8, 4) is 0 Å². The van der Waals surface area contributed by atoms with Gasteiger partial charge in [-0.25, -0.2) is 0 Å². The van der Waals surface area contributed by atoms with E-state index in [2.05, 4.69) is 4.98 Å². The summed E-state index contributed by atoms with van der Waals surface area (Å²) in [5.74, 6) is 0.477. The summed E-state index contributed by atoms with van der Waals surface area (Å²) < 4.78 is 0. The van der Waals surface area contributed by atoms with Crippen LogP contribution in [-0.4, -0.2) is 10.1 Å². The molecule has 0 bridgehead atoms. The van der Waals surface area contributed by atoms with E-state index in [1.807, 2.05) is 18.2 Å². The molecule has 0 radical (unpaired) electrons. The van der Waals surface area contributed by atoms with Gasteiger partial charge in [-0.05, 0) is 30.9 Å². The van der Waals surface area contributed by atoms with Gasteiger partial charge in [0.25, 0.3) is 0 Å². The van der Waals surface area contributed by atoms with Crippen LogP contribution in [0.1, 0.15) is 24.6 Å². The maximum Gasteiger partial charge on any atom is 0.0987 e. The minimum Gasteiger partial charge on any atom is -0.387 e. The van der Waals surface area contributed by atoms with Gasteiger partial charge in [0.2, 0.25) is 0 Å². The zero-order chi connectivity index (χ0) is 7.68. The zero-order valence-electron chi connectivity index (χ0n) is 6.27. The third kappa shape index (κ3) is 1.40. The second-order valence-electron chi connectivity index (χ2n) is 3.04. The topological polar surface area (TPSA) is 33.1 Å². The minimum atomic E-state index is -0.323. The Bertz CT molecular complexity index is 231. The Morgan fingerprint density at radius 2 is 2.27 bits per heavy atom. The van der Waals surface area contributed by atoms with Crippen molar-refractivity contribution in [2.45, 2.75) is 18.9 Å². The van der Waals surface area contributed by atoms with Gasteiger partial charge in [0.15, 0.2) is 0 Å². The molecule has 1 atom stereocenters. The number of hydrogen-bond donors (Lipinski definition) is 1. The molecular weight excluding hydrogens is 138 g/mol. The molecule has 0 unspecified atom stereocenters. The standard InChI is InChI=1S/C9H11NO/c11-9(7-4-5-7)8-3-1-2-6-10-8/h1-3,6-7,9,11H,4-5H2/t9-/m0/s1. The number of aliphatic hydroxyl groups is 1. The van der Waals surface area contributed by atoms with Gasteiger partial charge in [-0.2, -0.15) is 0 Å². The highest BCUT2D eigenvalue weighted by Crippen LogP contribution is 2.39. The van der Waals surface area contributed by atoms with Crippen LogP contribution in [0.5, 0.6) is 0 Å². The Morgan fingerprint density at radius 3 is 2.82 bits per heavy atom. The average molecular weight is 149 g/mol. The average Bonchev–Trinajstić information content (AvgIpc) is 2.87. The van der Waals surface area contributed by atoms with Gasteiger partial charge in [-0.15, -0.1) is 0 Å². The highest BCUT2D eigenvalue weighted by atomic mass is 16.3. The summed E-state index contributed by atoms with van der Waals surface area (Å²) >= 11 is 0. The molecule has 1 aromatic rings. The quantitative estimate of drug-likeness (QED) is 0.691. The maximum absolute atomic E-state index is 9.60. The van der Waals surface area contributed by atoms with E-state index in [9.17, 15) is 5.11 Å². The normalized spacial score (nSPS) is 19.7. The first-order valence-corrected chi connectivity index (χ1v) is 3.97. The van der Waals surface area contributed by atoms with Crippen molar-refractivity contribution in [1.82, 2.24) is 4.98 Å². The Morgan fingerprint density at radius 1 is 1.45 bits per heavy atom. The van der Waals surface area contributed by atoms with E-state index in [1.54, 1.807) is 6.20 Å². The SMILES string of the molecule is O[C@H](c1ccccn1)C1CC1. The summed E-state index contributed by atoms with van der Waals surface area (Å²) in [5, 5.41) is 9.60. The van der Waals surface area contributed by atoms with Gasteiger partial charge in [0, 0.05) is 6.20 Å². The van der Waals surface area contributed by atoms with E-state index in [4.69, 9.17) is 0 Å².